The van der Waals surface area contributed by atoms with E-state index in [2.05, 4.69) is 30.3 Å². The molecule has 4 rings (SSSR count). The molecule has 0 atom stereocenters. The Bertz CT molecular complexity index is 995. The van der Waals surface area contributed by atoms with E-state index < -0.39 is 5.60 Å². The number of nitrogens with zero attached hydrogens (tertiary/aromatic N) is 2. The molecule has 6 nitrogen and oxygen atoms in total. The number of pyridine rings is 1. The third-order valence-corrected chi connectivity index (χ3v) is 7.70. The lowest BCUT2D eigenvalue weighted by molar-refractivity contribution is -0.0272. The van der Waals surface area contributed by atoms with Crippen molar-refractivity contribution >= 4 is 17.9 Å². The van der Waals surface area contributed by atoms with Crippen LogP contribution in [0.1, 0.15) is 57.6 Å². The number of carbonyl (C=O) groups is 1. The topological polar surface area (TPSA) is 60.9 Å². The molecule has 1 saturated heterocycles. The molecule has 7 heteroatoms. The number of ether oxygens (including phenoxy) is 3. The maximum atomic E-state index is 12.4. The molecular formula is C28H38N2O4S. The lowest BCUT2D eigenvalue weighted by Gasteiger charge is -2.44. The van der Waals surface area contributed by atoms with Gasteiger partial charge in [0.1, 0.15) is 17.0 Å². The van der Waals surface area contributed by atoms with E-state index in [1.807, 2.05) is 43.6 Å². The first-order chi connectivity index (χ1) is 16.8. The quantitative estimate of drug-likeness (QED) is 0.429. The van der Waals surface area contributed by atoms with Gasteiger partial charge in [0.05, 0.1) is 5.69 Å². The average molecular weight is 499 g/mol. The molecule has 2 aliphatic heterocycles. The van der Waals surface area contributed by atoms with Crippen LogP contribution in [0.4, 0.5) is 4.79 Å². The highest BCUT2D eigenvalue weighted by Gasteiger charge is 2.41. The number of hydrogen-bond donors (Lipinski definition) is 0. The summed E-state index contributed by atoms with van der Waals surface area (Å²) >= 11 is 1.92. The molecule has 0 radical (unpaired) electrons. The van der Waals surface area contributed by atoms with Crippen molar-refractivity contribution in [2.75, 3.05) is 32.6 Å². The summed E-state index contributed by atoms with van der Waals surface area (Å²) < 4.78 is 17.2. The highest BCUT2D eigenvalue weighted by atomic mass is 32.2. The second-order valence-corrected chi connectivity index (χ2v) is 11.6. The van der Waals surface area contributed by atoms with Crippen LogP contribution < -0.4 is 4.74 Å². The molecule has 35 heavy (non-hydrogen) atoms. The molecule has 2 aliphatic rings. The Morgan fingerprint density at radius 3 is 2.66 bits per heavy atom. The van der Waals surface area contributed by atoms with Gasteiger partial charge in [-0.15, -0.1) is 0 Å². The number of rotatable bonds is 7. The monoisotopic (exact) mass is 498 g/mol. The molecular weight excluding hydrogens is 460 g/mol. The van der Waals surface area contributed by atoms with Gasteiger partial charge in [-0.05, 0) is 81.2 Å². The number of carbonyl (C=O) groups excluding carboxylic acids is 1. The maximum Gasteiger partial charge on any atom is 0.410 e. The summed E-state index contributed by atoms with van der Waals surface area (Å²) in [5.41, 5.74) is 3.95. The van der Waals surface area contributed by atoms with Gasteiger partial charge in [-0.1, -0.05) is 6.07 Å². The third-order valence-electron chi connectivity index (χ3n) is 6.59. The fourth-order valence-electron chi connectivity index (χ4n) is 4.63. The normalized spacial score (nSPS) is 17.1. The zero-order valence-electron chi connectivity index (χ0n) is 21.5. The SMILES string of the molecule is COCCCSCc1ccc(-c2ccc3c(c2)CCC2(CCN(C(=O)OC(C)(C)C)CC2)O3)nc1. The van der Waals surface area contributed by atoms with Gasteiger partial charge in [-0.25, -0.2) is 4.79 Å². The molecule has 0 unspecified atom stereocenters. The van der Waals surface area contributed by atoms with Gasteiger partial charge in [-0.2, -0.15) is 11.8 Å². The number of likely N-dealkylation sites (tertiary alicyclic amines) is 1. The fraction of sp³-hybridized carbons (Fsp3) is 0.571. The first-order valence-electron chi connectivity index (χ1n) is 12.6. The van der Waals surface area contributed by atoms with Gasteiger partial charge < -0.3 is 19.1 Å². The predicted molar refractivity (Wildman–Crippen MR) is 141 cm³/mol. The number of thioether (sulfide) groups is 1. The van der Waals surface area contributed by atoms with Gasteiger partial charge >= 0.3 is 6.09 Å². The molecule has 1 fully saturated rings. The standard InChI is InChI=1S/C28H38N2O4S/c1-27(2,3)34-26(31)30-14-12-28(13-15-30)11-10-23-18-22(7-9-25(23)33-28)24-8-6-21(19-29-24)20-35-17-5-16-32-4/h6-9,18-19H,5,10-17,20H2,1-4H3. The van der Waals surface area contributed by atoms with Crippen LogP contribution in [0.5, 0.6) is 5.75 Å². The van der Waals surface area contributed by atoms with Crippen LogP contribution in [0.2, 0.25) is 0 Å². The van der Waals surface area contributed by atoms with Gasteiger partial charge in [0.15, 0.2) is 0 Å². The first-order valence-corrected chi connectivity index (χ1v) is 13.7. The van der Waals surface area contributed by atoms with E-state index in [1.54, 1.807) is 7.11 Å². The number of aromatic nitrogens is 1. The zero-order valence-corrected chi connectivity index (χ0v) is 22.3. The number of amides is 1. The van der Waals surface area contributed by atoms with Gasteiger partial charge in [0, 0.05) is 57.2 Å². The zero-order chi connectivity index (χ0) is 24.9. The highest BCUT2D eigenvalue weighted by molar-refractivity contribution is 7.98. The molecule has 1 aromatic heterocycles. The van der Waals surface area contributed by atoms with Crippen molar-refractivity contribution in [2.45, 2.75) is 69.8 Å². The maximum absolute atomic E-state index is 12.4. The average Bonchev–Trinajstić information content (AvgIpc) is 2.83. The van der Waals surface area contributed by atoms with E-state index in [0.29, 0.717) is 13.1 Å². The van der Waals surface area contributed by atoms with E-state index >= 15 is 0 Å². The number of methoxy groups -OCH3 is 1. The van der Waals surface area contributed by atoms with Crippen molar-refractivity contribution in [3.8, 4) is 17.0 Å². The Labute approximate surface area is 213 Å². The Kier molecular flexibility index (Phi) is 8.27. The van der Waals surface area contributed by atoms with Crippen molar-refractivity contribution < 1.29 is 19.0 Å². The van der Waals surface area contributed by atoms with Crippen LogP contribution in [-0.4, -0.2) is 59.7 Å². The van der Waals surface area contributed by atoms with Crippen molar-refractivity contribution in [3.05, 3.63) is 47.7 Å². The predicted octanol–water partition coefficient (Wildman–Crippen LogP) is 6.11. The smallest absolute Gasteiger partial charge is 0.410 e. The first kappa shape index (κ1) is 25.8. The molecule has 1 amide bonds. The van der Waals surface area contributed by atoms with Crippen LogP contribution in [-0.2, 0) is 21.6 Å². The van der Waals surface area contributed by atoms with E-state index in [0.717, 1.165) is 67.2 Å². The summed E-state index contributed by atoms with van der Waals surface area (Å²) in [7, 11) is 1.75. The van der Waals surface area contributed by atoms with Crippen LogP contribution in [0.15, 0.2) is 36.5 Å². The van der Waals surface area contributed by atoms with Crippen molar-refractivity contribution in [2.24, 2.45) is 0 Å². The summed E-state index contributed by atoms with van der Waals surface area (Å²) in [4.78, 5) is 18.9. The molecule has 0 bridgehead atoms. The number of aryl methyl sites for hydroxylation is 1. The highest BCUT2D eigenvalue weighted by Crippen LogP contribution is 2.40. The van der Waals surface area contributed by atoms with Crippen molar-refractivity contribution in [3.63, 3.8) is 0 Å². The fourth-order valence-corrected chi connectivity index (χ4v) is 5.50. The minimum atomic E-state index is -0.470. The van der Waals surface area contributed by atoms with Crippen LogP contribution >= 0.6 is 11.8 Å². The number of hydrogen-bond acceptors (Lipinski definition) is 6. The van der Waals surface area contributed by atoms with Gasteiger partial charge in [-0.3, -0.25) is 4.98 Å². The van der Waals surface area contributed by atoms with E-state index in [4.69, 9.17) is 19.2 Å². The lowest BCUT2D eigenvalue weighted by atomic mass is 9.83. The second-order valence-electron chi connectivity index (χ2n) is 10.5. The van der Waals surface area contributed by atoms with Crippen molar-refractivity contribution in [1.82, 2.24) is 9.88 Å². The number of piperidine rings is 1. The molecule has 3 heterocycles. The summed E-state index contributed by atoms with van der Waals surface area (Å²) in [6.07, 6.45) is 6.45. The number of benzene rings is 1. The van der Waals surface area contributed by atoms with Crippen LogP contribution in [0.25, 0.3) is 11.3 Å². The Balaban J connectivity index is 1.33. The second kappa shape index (κ2) is 11.2. The minimum Gasteiger partial charge on any atom is -0.487 e. The molecule has 1 spiro atoms. The number of fused-ring (bicyclic) bond motifs is 1. The van der Waals surface area contributed by atoms with Gasteiger partial charge in [0.2, 0.25) is 0 Å². The van der Waals surface area contributed by atoms with E-state index in [-0.39, 0.29) is 11.7 Å². The minimum absolute atomic E-state index is 0.187. The Morgan fingerprint density at radius 2 is 1.97 bits per heavy atom. The summed E-state index contributed by atoms with van der Waals surface area (Å²) in [6.45, 7) is 7.87. The Hall–Kier alpha value is -2.25. The van der Waals surface area contributed by atoms with E-state index in [1.165, 1.54) is 11.1 Å². The summed E-state index contributed by atoms with van der Waals surface area (Å²) in [5.74, 6) is 3.04. The van der Waals surface area contributed by atoms with Crippen LogP contribution in [0.3, 0.4) is 0 Å². The Morgan fingerprint density at radius 1 is 1.17 bits per heavy atom. The molecule has 190 valence electrons. The van der Waals surface area contributed by atoms with Gasteiger partial charge in [0.25, 0.3) is 0 Å². The largest absolute Gasteiger partial charge is 0.487 e. The van der Waals surface area contributed by atoms with Crippen molar-refractivity contribution in [1.29, 1.82) is 0 Å². The summed E-state index contributed by atoms with van der Waals surface area (Å²) in [6, 6.07) is 10.7. The molecule has 1 aromatic carbocycles. The molecule has 2 aromatic rings. The summed E-state index contributed by atoms with van der Waals surface area (Å²) in [5, 5.41) is 0. The van der Waals surface area contributed by atoms with E-state index in [9.17, 15) is 4.79 Å². The molecule has 0 aliphatic carbocycles. The molecule has 0 saturated carbocycles. The molecule has 0 N–H and O–H groups in total. The van der Waals surface area contributed by atoms with Crippen LogP contribution in [0, 0.1) is 0 Å². The third kappa shape index (κ3) is 6.91. The lowest BCUT2D eigenvalue weighted by Crippen LogP contribution is -2.52.